The minimum atomic E-state index is -0.421. The van der Waals surface area contributed by atoms with Gasteiger partial charge in [0, 0.05) is 34.8 Å². The highest BCUT2D eigenvalue weighted by molar-refractivity contribution is 6.06. The second kappa shape index (κ2) is 7.80. The van der Waals surface area contributed by atoms with Crippen LogP contribution in [0.4, 0.5) is 5.69 Å². The van der Waals surface area contributed by atoms with E-state index in [1.54, 1.807) is 0 Å². The number of carbonyl (C=O) groups is 2. The number of hydrogen-bond donors (Lipinski definition) is 2. The molecule has 5 heteroatoms. The van der Waals surface area contributed by atoms with Crippen LogP contribution < -0.4 is 11.1 Å². The molecule has 32 heavy (non-hydrogen) atoms. The average Bonchev–Trinajstić information content (AvgIpc) is 3.07. The lowest BCUT2D eigenvalue weighted by molar-refractivity contribution is 0.0816. The topological polar surface area (TPSA) is 77.1 Å². The van der Waals surface area contributed by atoms with Gasteiger partial charge in [-0.25, -0.2) is 0 Å². The third-order valence-corrected chi connectivity index (χ3v) is 7.04. The highest BCUT2D eigenvalue weighted by Gasteiger charge is 2.35. The van der Waals surface area contributed by atoms with Gasteiger partial charge in [-0.15, -0.1) is 0 Å². The molecule has 3 aromatic rings. The van der Waals surface area contributed by atoms with Gasteiger partial charge in [-0.1, -0.05) is 57.4 Å². The minimum absolute atomic E-state index is 0.0907. The summed E-state index contributed by atoms with van der Waals surface area (Å²) in [5.41, 5.74) is 11.1. The van der Waals surface area contributed by atoms with Crippen LogP contribution in [0, 0.1) is 5.41 Å². The van der Waals surface area contributed by atoms with Gasteiger partial charge in [-0.05, 0) is 48.4 Å². The third-order valence-electron chi connectivity index (χ3n) is 7.04. The van der Waals surface area contributed by atoms with E-state index < -0.39 is 5.91 Å². The van der Waals surface area contributed by atoms with E-state index in [0.717, 1.165) is 52.7 Å². The molecule has 3 N–H and O–H groups in total. The molecule has 0 atom stereocenters. The molecule has 1 aromatic heterocycles. The van der Waals surface area contributed by atoms with Gasteiger partial charge in [0.2, 0.25) is 5.91 Å². The Morgan fingerprint density at radius 1 is 1.06 bits per heavy atom. The molecule has 1 fully saturated rings. The summed E-state index contributed by atoms with van der Waals surface area (Å²) in [6, 6.07) is 14.3. The highest BCUT2D eigenvalue weighted by Crippen LogP contribution is 2.43. The SMILES string of the molecule is CC1(C)CC(=O)n2c(c(-c3ccc(C(N)=O)c(NC4CCCCC4)c3)c3ccccc32)C1. The summed E-state index contributed by atoms with van der Waals surface area (Å²) in [5.74, 6) is -0.275. The lowest BCUT2D eigenvalue weighted by Crippen LogP contribution is -2.31. The molecule has 0 unspecified atom stereocenters. The highest BCUT2D eigenvalue weighted by atomic mass is 16.2. The van der Waals surface area contributed by atoms with Crippen molar-refractivity contribution in [1.29, 1.82) is 0 Å². The van der Waals surface area contributed by atoms with E-state index in [4.69, 9.17) is 5.73 Å². The van der Waals surface area contributed by atoms with Crippen molar-refractivity contribution < 1.29 is 9.59 Å². The molecular weight excluding hydrogens is 398 g/mol. The zero-order chi connectivity index (χ0) is 22.5. The molecule has 5 rings (SSSR count). The molecule has 0 saturated heterocycles. The Bertz CT molecular complexity index is 1220. The number of aromatic nitrogens is 1. The van der Waals surface area contributed by atoms with Crippen molar-refractivity contribution in [2.45, 2.75) is 64.8 Å². The Morgan fingerprint density at radius 2 is 1.81 bits per heavy atom. The van der Waals surface area contributed by atoms with Crippen LogP contribution in [0.15, 0.2) is 42.5 Å². The predicted octanol–water partition coefficient (Wildman–Crippen LogP) is 5.76. The minimum Gasteiger partial charge on any atom is -0.382 e. The number of nitrogens with one attached hydrogen (secondary N) is 1. The second-order valence-corrected chi connectivity index (χ2v) is 10.2. The van der Waals surface area contributed by atoms with Crippen molar-refractivity contribution in [3.8, 4) is 11.1 Å². The number of benzene rings is 2. The van der Waals surface area contributed by atoms with E-state index in [1.807, 2.05) is 34.9 Å². The molecular formula is C27H31N3O2. The average molecular weight is 430 g/mol. The van der Waals surface area contributed by atoms with Crippen molar-refractivity contribution >= 4 is 28.4 Å². The van der Waals surface area contributed by atoms with Crippen LogP contribution in [0.2, 0.25) is 0 Å². The summed E-state index contributed by atoms with van der Waals surface area (Å²) in [6.07, 6.45) is 7.26. The number of amides is 1. The molecule has 0 bridgehead atoms. The molecule has 2 aromatic carbocycles. The summed E-state index contributed by atoms with van der Waals surface area (Å²) >= 11 is 0. The summed E-state index contributed by atoms with van der Waals surface area (Å²) in [7, 11) is 0. The number of fused-ring (bicyclic) bond motifs is 3. The first-order valence-corrected chi connectivity index (χ1v) is 11.7. The Morgan fingerprint density at radius 3 is 2.56 bits per heavy atom. The van der Waals surface area contributed by atoms with Gasteiger partial charge < -0.3 is 11.1 Å². The van der Waals surface area contributed by atoms with Crippen molar-refractivity contribution in [3.05, 3.63) is 53.7 Å². The van der Waals surface area contributed by atoms with Gasteiger partial charge in [0.25, 0.3) is 5.91 Å². The maximum Gasteiger partial charge on any atom is 0.250 e. The molecule has 5 nitrogen and oxygen atoms in total. The predicted molar refractivity (Wildman–Crippen MR) is 129 cm³/mol. The molecule has 1 saturated carbocycles. The van der Waals surface area contributed by atoms with E-state index >= 15 is 0 Å². The maximum absolute atomic E-state index is 13.1. The number of hydrogen-bond acceptors (Lipinski definition) is 3. The lowest BCUT2D eigenvalue weighted by atomic mass is 9.80. The third kappa shape index (κ3) is 3.60. The summed E-state index contributed by atoms with van der Waals surface area (Å²) in [4.78, 5) is 25.3. The van der Waals surface area contributed by atoms with Gasteiger partial charge in [0.05, 0.1) is 11.1 Å². The van der Waals surface area contributed by atoms with Crippen molar-refractivity contribution in [3.63, 3.8) is 0 Å². The summed E-state index contributed by atoms with van der Waals surface area (Å²) in [6.45, 7) is 4.31. The molecule has 1 aliphatic heterocycles. The van der Waals surface area contributed by atoms with Gasteiger partial charge in [-0.3, -0.25) is 14.2 Å². The Balaban J connectivity index is 1.68. The fraction of sp³-hybridized carbons (Fsp3) is 0.407. The Labute approximate surface area is 189 Å². The molecule has 166 valence electrons. The monoisotopic (exact) mass is 429 g/mol. The number of rotatable bonds is 4. The van der Waals surface area contributed by atoms with E-state index in [9.17, 15) is 9.59 Å². The van der Waals surface area contributed by atoms with E-state index in [-0.39, 0.29) is 11.3 Å². The first kappa shape index (κ1) is 20.8. The summed E-state index contributed by atoms with van der Waals surface area (Å²) in [5, 5.41) is 4.68. The van der Waals surface area contributed by atoms with E-state index in [0.29, 0.717) is 18.0 Å². The van der Waals surface area contributed by atoms with Crippen molar-refractivity contribution in [2.24, 2.45) is 11.1 Å². The fourth-order valence-electron chi connectivity index (χ4n) is 5.57. The molecule has 0 spiro atoms. The second-order valence-electron chi connectivity index (χ2n) is 10.2. The van der Waals surface area contributed by atoms with Crippen LogP contribution in [0.1, 0.15) is 73.2 Å². The summed E-state index contributed by atoms with van der Waals surface area (Å²) < 4.78 is 1.91. The van der Waals surface area contributed by atoms with Gasteiger partial charge in [0.1, 0.15) is 0 Å². The van der Waals surface area contributed by atoms with E-state index in [1.165, 1.54) is 19.3 Å². The quantitative estimate of drug-likeness (QED) is 0.553. The molecule has 1 amide bonds. The van der Waals surface area contributed by atoms with Crippen LogP contribution in [0.3, 0.4) is 0 Å². The maximum atomic E-state index is 13.1. The van der Waals surface area contributed by atoms with Crippen LogP contribution in [-0.4, -0.2) is 22.4 Å². The first-order chi connectivity index (χ1) is 15.3. The molecule has 2 heterocycles. The van der Waals surface area contributed by atoms with Crippen molar-refractivity contribution in [2.75, 3.05) is 5.32 Å². The van der Waals surface area contributed by atoms with Crippen LogP contribution in [0.25, 0.3) is 22.0 Å². The number of primary amides is 1. The molecule has 2 aliphatic rings. The number of para-hydroxylation sites is 1. The lowest BCUT2D eigenvalue weighted by Gasteiger charge is -2.30. The van der Waals surface area contributed by atoms with Crippen LogP contribution >= 0.6 is 0 Å². The molecule has 1 aliphatic carbocycles. The number of anilines is 1. The Hall–Kier alpha value is -3.08. The Kier molecular flexibility index (Phi) is 5.07. The van der Waals surface area contributed by atoms with Crippen LogP contribution in [-0.2, 0) is 6.42 Å². The fourth-order valence-corrected chi connectivity index (χ4v) is 5.57. The standard InChI is InChI=1S/C27H31N3O2/c1-27(2)15-23-25(20-10-6-7-11-22(20)30(23)24(31)16-27)17-12-13-19(26(28)32)21(14-17)29-18-8-4-3-5-9-18/h6-7,10-14,18,29H,3-5,8-9,15-16H2,1-2H3,(H2,28,32). The first-order valence-electron chi connectivity index (χ1n) is 11.7. The normalized spacial score (nSPS) is 18.5. The zero-order valence-corrected chi connectivity index (χ0v) is 18.9. The van der Waals surface area contributed by atoms with Crippen LogP contribution in [0.5, 0.6) is 0 Å². The van der Waals surface area contributed by atoms with Gasteiger partial charge >= 0.3 is 0 Å². The number of carbonyl (C=O) groups excluding carboxylic acids is 2. The van der Waals surface area contributed by atoms with E-state index in [2.05, 4.69) is 31.3 Å². The molecule has 0 radical (unpaired) electrons. The zero-order valence-electron chi connectivity index (χ0n) is 18.9. The largest absolute Gasteiger partial charge is 0.382 e. The smallest absolute Gasteiger partial charge is 0.250 e. The van der Waals surface area contributed by atoms with Crippen molar-refractivity contribution in [1.82, 2.24) is 4.57 Å². The van der Waals surface area contributed by atoms with Gasteiger partial charge in [0.15, 0.2) is 0 Å². The number of nitrogens with zero attached hydrogens (tertiary/aromatic N) is 1. The number of nitrogens with two attached hydrogens (primary N) is 1. The van der Waals surface area contributed by atoms with Gasteiger partial charge in [-0.2, -0.15) is 0 Å².